The predicted molar refractivity (Wildman–Crippen MR) is 92.7 cm³/mol. The largest absolute Gasteiger partial charge is 0.301 e. The van der Waals surface area contributed by atoms with Crippen molar-refractivity contribution in [3.8, 4) is 0 Å². The van der Waals surface area contributed by atoms with Gasteiger partial charge < -0.3 is 5.32 Å². The van der Waals surface area contributed by atoms with Gasteiger partial charge in [0.1, 0.15) is 0 Å². The first kappa shape index (κ1) is 15.0. The molecule has 1 aromatic heterocycles. The van der Waals surface area contributed by atoms with Crippen molar-refractivity contribution in [3.63, 3.8) is 0 Å². The Morgan fingerprint density at radius 2 is 1.95 bits per heavy atom. The van der Waals surface area contributed by atoms with E-state index in [4.69, 9.17) is 11.6 Å². The van der Waals surface area contributed by atoms with Gasteiger partial charge in [0, 0.05) is 5.02 Å². The number of benzene rings is 2. The van der Waals surface area contributed by atoms with E-state index in [2.05, 4.69) is 10.3 Å². The summed E-state index contributed by atoms with van der Waals surface area (Å²) in [6.07, 6.45) is 0. The Kier molecular flexibility index (Phi) is 3.89. The van der Waals surface area contributed by atoms with Crippen LogP contribution in [0.2, 0.25) is 5.02 Å². The molecule has 0 fully saturated rings. The average Bonchev–Trinajstić information content (AvgIpc) is 2.89. The van der Waals surface area contributed by atoms with E-state index >= 15 is 0 Å². The number of para-hydroxylation sites is 1. The number of aromatic nitrogens is 1. The van der Waals surface area contributed by atoms with Crippen molar-refractivity contribution in [2.24, 2.45) is 0 Å². The first-order valence-electron chi connectivity index (χ1n) is 6.90. The minimum Gasteiger partial charge on any atom is -0.301 e. The van der Waals surface area contributed by atoms with Crippen molar-refractivity contribution in [2.45, 2.75) is 19.3 Å². The summed E-state index contributed by atoms with van der Waals surface area (Å²) in [7, 11) is 0. The Morgan fingerprint density at radius 3 is 2.68 bits per heavy atom. The van der Waals surface area contributed by atoms with E-state index in [1.54, 1.807) is 6.07 Å². The first-order valence-corrected chi connectivity index (χ1v) is 8.09. The topological polar surface area (TPSA) is 42.0 Å². The van der Waals surface area contributed by atoms with Crippen molar-refractivity contribution in [1.82, 2.24) is 4.98 Å². The molecule has 0 unspecified atom stereocenters. The molecule has 0 aliphatic heterocycles. The highest BCUT2D eigenvalue weighted by atomic mass is 35.5. The number of carbonyl (C=O) groups excluding carboxylic acids is 1. The van der Waals surface area contributed by atoms with Crippen LogP contribution in [0.5, 0.6) is 0 Å². The summed E-state index contributed by atoms with van der Waals surface area (Å²) >= 11 is 7.50. The van der Waals surface area contributed by atoms with Crippen LogP contribution in [0.1, 0.15) is 19.4 Å². The first-order chi connectivity index (χ1) is 10.5. The normalized spacial score (nSPS) is 11.6. The minimum atomic E-state index is -0.692. The third-order valence-corrected chi connectivity index (χ3v) is 4.82. The van der Waals surface area contributed by atoms with Crippen molar-refractivity contribution >= 4 is 44.2 Å². The molecule has 5 heteroatoms. The third kappa shape index (κ3) is 2.85. The molecule has 3 rings (SSSR count). The number of amides is 1. The fourth-order valence-corrected chi connectivity index (χ4v) is 3.24. The lowest BCUT2D eigenvalue weighted by atomic mass is 9.84. The number of fused-ring (bicyclic) bond motifs is 1. The zero-order valence-corrected chi connectivity index (χ0v) is 13.8. The molecule has 0 radical (unpaired) electrons. The lowest BCUT2D eigenvalue weighted by molar-refractivity contribution is -0.120. The molecule has 0 saturated carbocycles. The number of carbonyl (C=O) groups is 1. The number of halogens is 1. The van der Waals surface area contributed by atoms with Crippen LogP contribution in [0, 0.1) is 0 Å². The van der Waals surface area contributed by atoms with Gasteiger partial charge in [0.2, 0.25) is 5.91 Å². The molecule has 0 saturated heterocycles. The molecule has 3 nitrogen and oxygen atoms in total. The summed E-state index contributed by atoms with van der Waals surface area (Å²) in [6, 6.07) is 15.2. The van der Waals surface area contributed by atoms with Crippen molar-refractivity contribution in [2.75, 3.05) is 5.32 Å². The molecule has 22 heavy (non-hydrogen) atoms. The highest BCUT2D eigenvalue weighted by molar-refractivity contribution is 7.22. The van der Waals surface area contributed by atoms with Gasteiger partial charge in [-0.15, -0.1) is 0 Å². The minimum absolute atomic E-state index is 0.103. The SMILES string of the molecule is CC(C)(C(=O)Nc1nc2ccccc2s1)c1cccc(Cl)c1. The average molecular weight is 331 g/mol. The Balaban J connectivity index is 1.86. The quantitative estimate of drug-likeness (QED) is 0.744. The van der Waals surface area contributed by atoms with Crippen LogP contribution in [-0.4, -0.2) is 10.9 Å². The molecule has 0 atom stereocenters. The maximum atomic E-state index is 12.6. The van der Waals surface area contributed by atoms with Crippen molar-refractivity contribution in [1.29, 1.82) is 0 Å². The summed E-state index contributed by atoms with van der Waals surface area (Å²) in [5.41, 5.74) is 1.07. The predicted octanol–water partition coefficient (Wildman–Crippen LogP) is 4.87. The second-order valence-electron chi connectivity index (χ2n) is 5.58. The van der Waals surface area contributed by atoms with Crippen LogP contribution < -0.4 is 5.32 Å². The standard InChI is InChI=1S/C17H15ClN2OS/c1-17(2,11-6-5-7-12(18)10-11)15(21)20-16-19-13-8-3-4-9-14(13)22-16/h3-10H,1-2H3,(H,19,20,21). The summed E-state index contributed by atoms with van der Waals surface area (Å²) in [5, 5.41) is 4.15. The number of thiazole rings is 1. The summed E-state index contributed by atoms with van der Waals surface area (Å²) in [5.74, 6) is -0.103. The van der Waals surface area contributed by atoms with Gasteiger partial charge in [-0.3, -0.25) is 4.79 Å². The van der Waals surface area contributed by atoms with Gasteiger partial charge in [-0.25, -0.2) is 4.98 Å². The Labute approximate surface area is 138 Å². The Bertz CT molecular complexity index is 808. The van der Waals surface area contributed by atoms with Crippen LogP contribution in [0.4, 0.5) is 5.13 Å². The maximum absolute atomic E-state index is 12.6. The molecule has 0 aliphatic carbocycles. The molecule has 2 aromatic carbocycles. The van der Waals surface area contributed by atoms with Gasteiger partial charge in [-0.2, -0.15) is 0 Å². The van der Waals surface area contributed by atoms with Gasteiger partial charge in [-0.05, 0) is 43.7 Å². The lowest BCUT2D eigenvalue weighted by Gasteiger charge is -2.23. The molecular weight excluding hydrogens is 316 g/mol. The van der Waals surface area contributed by atoms with E-state index in [-0.39, 0.29) is 5.91 Å². The van der Waals surface area contributed by atoms with E-state index in [0.717, 1.165) is 15.8 Å². The molecule has 1 amide bonds. The van der Waals surface area contributed by atoms with E-state index < -0.39 is 5.41 Å². The van der Waals surface area contributed by atoms with Crippen molar-refractivity contribution in [3.05, 3.63) is 59.1 Å². The van der Waals surface area contributed by atoms with Crippen LogP contribution in [0.3, 0.4) is 0 Å². The van der Waals surface area contributed by atoms with Gasteiger partial charge in [0.05, 0.1) is 15.6 Å². The van der Waals surface area contributed by atoms with E-state index in [1.165, 1.54) is 11.3 Å². The highest BCUT2D eigenvalue weighted by Crippen LogP contribution is 2.30. The molecular formula is C17H15ClN2OS. The van der Waals surface area contributed by atoms with E-state index in [1.807, 2.05) is 56.3 Å². The molecule has 1 heterocycles. The van der Waals surface area contributed by atoms with Crippen LogP contribution in [0.25, 0.3) is 10.2 Å². The van der Waals surface area contributed by atoms with Crippen molar-refractivity contribution < 1.29 is 4.79 Å². The molecule has 0 bridgehead atoms. The lowest BCUT2D eigenvalue weighted by Crippen LogP contribution is -2.34. The van der Waals surface area contributed by atoms with Gasteiger partial charge in [-0.1, -0.05) is 47.2 Å². The summed E-state index contributed by atoms with van der Waals surface area (Å²) in [6.45, 7) is 3.75. The zero-order chi connectivity index (χ0) is 15.7. The van der Waals surface area contributed by atoms with Gasteiger partial charge in [0.25, 0.3) is 0 Å². The zero-order valence-electron chi connectivity index (χ0n) is 12.3. The monoisotopic (exact) mass is 330 g/mol. The second-order valence-corrected chi connectivity index (χ2v) is 7.04. The third-order valence-electron chi connectivity index (χ3n) is 3.63. The molecule has 112 valence electrons. The number of hydrogen-bond acceptors (Lipinski definition) is 3. The number of rotatable bonds is 3. The second kappa shape index (κ2) is 5.71. The Hall–Kier alpha value is -1.91. The van der Waals surface area contributed by atoms with E-state index in [9.17, 15) is 4.79 Å². The fourth-order valence-electron chi connectivity index (χ4n) is 2.19. The van der Waals surface area contributed by atoms with Gasteiger partial charge in [0.15, 0.2) is 5.13 Å². The maximum Gasteiger partial charge on any atom is 0.236 e. The van der Waals surface area contributed by atoms with E-state index in [0.29, 0.717) is 10.2 Å². The molecule has 0 aliphatic rings. The molecule has 0 spiro atoms. The number of nitrogens with one attached hydrogen (secondary N) is 1. The Morgan fingerprint density at radius 1 is 1.18 bits per heavy atom. The van der Waals surface area contributed by atoms with Crippen LogP contribution in [0.15, 0.2) is 48.5 Å². The summed E-state index contributed by atoms with van der Waals surface area (Å²) < 4.78 is 1.05. The molecule has 1 N–H and O–H groups in total. The number of hydrogen-bond donors (Lipinski definition) is 1. The molecule has 3 aromatic rings. The highest BCUT2D eigenvalue weighted by Gasteiger charge is 2.30. The smallest absolute Gasteiger partial charge is 0.236 e. The number of nitrogens with zero attached hydrogens (tertiary/aromatic N) is 1. The van der Waals surface area contributed by atoms with Crippen LogP contribution in [-0.2, 0) is 10.2 Å². The van der Waals surface area contributed by atoms with Crippen LogP contribution >= 0.6 is 22.9 Å². The van der Waals surface area contributed by atoms with Gasteiger partial charge >= 0.3 is 0 Å². The number of anilines is 1. The summed E-state index contributed by atoms with van der Waals surface area (Å²) in [4.78, 5) is 17.1. The fraction of sp³-hybridized carbons (Fsp3) is 0.176.